The third-order valence-corrected chi connectivity index (χ3v) is 6.44. The SMILES string of the molecule is c1ccc(-n2c3ccccc3c3ccc(Oc4cccc(-n5nccc5-c5ccncc5)c4)cc32)nc1. The van der Waals surface area contributed by atoms with Crippen LogP contribution in [-0.2, 0) is 0 Å². The first kappa shape index (κ1) is 21.1. The van der Waals surface area contributed by atoms with Crippen molar-refractivity contribution in [2.45, 2.75) is 0 Å². The van der Waals surface area contributed by atoms with Crippen LogP contribution in [0.4, 0.5) is 0 Å². The number of nitrogens with zero attached hydrogens (tertiary/aromatic N) is 5. The molecule has 0 bridgehead atoms. The summed E-state index contributed by atoms with van der Waals surface area (Å²) in [6.07, 6.45) is 7.18. The molecule has 37 heavy (non-hydrogen) atoms. The fourth-order valence-electron chi connectivity index (χ4n) is 4.81. The van der Waals surface area contributed by atoms with Gasteiger partial charge in [0.2, 0.25) is 0 Å². The Bertz CT molecular complexity index is 1860. The minimum Gasteiger partial charge on any atom is -0.457 e. The van der Waals surface area contributed by atoms with Gasteiger partial charge in [-0.25, -0.2) is 9.67 Å². The Morgan fingerprint density at radius 3 is 2.32 bits per heavy atom. The van der Waals surface area contributed by atoms with E-state index in [0.29, 0.717) is 0 Å². The molecule has 6 heteroatoms. The molecule has 4 heterocycles. The first-order valence-corrected chi connectivity index (χ1v) is 12.0. The van der Waals surface area contributed by atoms with Gasteiger partial charge in [-0.15, -0.1) is 0 Å². The van der Waals surface area contributed by atoms with Crippen molar-refractivity contribution in [3.63, 3.8) is 0 Å². The molecule has 0 fully saturated rings. The molecule has 7 aromatic rings. The minimum atomic E-state index is 0.730. The third kappa shape index (κ3) is 3.72. The molecule has 176 valence electrons. The van der Waals surface area contributed by atoms with E-state index < -0.39 is 0 Å². The normalized spacial score (nSPS) is 11.2. The summed E-state index contributed by atoms with van der Waals surface area (Å²) in [5, 5.41) is 6.89. The quantitative estimate of drug-likeness (QED) is 0.262. The van der Waals surface area contributed by atoms with Crippen molar-refractivity contribution >= 4 is 21.8 Å². The summed E-state index contributed by atoms with van der Waals surface area (Å²) in [5.74, 6) is 2.35. The number of rotatable bonds is 5. The number of para-hydroxylation sites is 1. The zero-order chi connectivity index (χ0) is 24.6. The number of aromatic nitrogens is 5. The van der Waals surface area contributed by atoms with Crippen LogP contribution in [0.15, 0.2) is 128 Å². The zero-order valence-electron chi connectivity index (χ0n) is 19.8. The van der Waals surface area contributed by atoms with Gasteiger partial charge in [0.15, 0.2) is 0 Å². The molecular formula is C31H21N5O. The second-order valence-electron chi connectivity index (χ2n) is 8.68. The van der Waals surface area contributed by atoms with E-state index in [1.807, 2.05) is 77.6 Å². The Balaban J connectivity index is 1.29. The van der Waals surface area contributed by atoms with Crippen molar-refractivity contribution in [2.24, 2.45) is 0 Å². The topological polar surface area (TPSA) is 57.8 Å². The fourth-order valence-corrected chi connectivity index (χ4v) is 4.81. The van der Waals surface area contributed by atoms with Crippen LogP contribution in [0, 0.1) is 0 Å². The van der Waals surface area contributed by atoms with Gasteiger partial charge in [-0.2, -0.15) is 5.10 Å². The van der Waals surface area contributed by atoms with E-state index in [9.17, 15) is 0 Å². The lowest BCUT2D eigenvalue weighted by Crippen LogP contribution is -1.99. The lowest BCUT2D eigenvalue weighted by molar-refractivity contribution is 0.483. The van der Waals surface area contributed by atoms with Crippen LogP contribution in [-0.4, -0.2) is 24.3 Å². The van der Waals surface area contributed by atoms with Gasteiger partial charge < -0.3 is 4.74 Å². The highest BCUT2D eigenvalue weighted by atomic mass is 16.5. The highest BCUT2D eigenvalue weighted by Crippen LogP contribution is 2.35. The number of hydrogen-bond donors (Lipinski definition) is 0. The Kier molecular flexibility index (Phi) is 5.00. The van der Waals surface area contributed by atoms with Gasteiger partial charge in [-0.05, 0) is 60.7 Å². The maximum Gasteiger partial charge on any atom is 0.137 e. The van der Waals surface area contributed by atoms with Crippen LogP contribution in [0.3, 0.4) is 0 Å². The Labute approximate surface area is 213 Å². The van der Waals surface area contributed by atoms with Crippen LogP contribution >= 0.6 is 0 Å². The third-order valence-electron chi connectivity index (χ3n) is 6.44. The second-order valence-corrected chi connectivity index (χ2v) is 8.68. The summed E-state index contributed by atoms with van der Waals surface area (Å²) in [6, 6.07) is 34.4. The Morgan fingerprint density at radius 1 is 0.595 bits per heavy atom. The minimum absolute atomic E-state index is 0.730. The summed E-state index contributed by atoms with van der Waals surface area (Å²) in [6.45, 7) is 0. The molecule has 4 aromatic heterocycles. The maximum absolute atomic E-state index is 6.37. The number of fused-ring (bicyclic) bond motifs is 3. The average Bonchev–Trinajstić information content (AvgIpc) is 3.57. The van der Waals surface area contributed by atoms with Crippen molar-refractivity contribution < 1.29 is 4.74 Å². The first-order chi connectivity index (χ1) is 18.3. The summed E-state index contributed by atoms with van der Waals surface area (Å²) in [7, 11) is 0. The Hall–Kier alpha value is -5.23. The summed E-state index contributed by atoms with van der Waals surface area (Å²) < 4.78 is 10.5. The molecule has 0 radical (unpaired) electrons. The molecule has 0 aliphatic heterocycles. The van der Waals surface area contributed by atoms with Gasteiger partial charge in [-0.1, -0.05) is 30.3 Å². The molecule has 0 atom stereocenters. The van der Waals surface area contributed by atoms with Crippen LogP contribution in [0.5, 0.6) is 11.5 Å². The van der Waals surface area contributed by atoms with Crippen LogP contribution in [0.25, 0.3) is 44.6 Å². The number of pyridine rings is 2. The van der Waals surface area contributed by atoms with Crippen LogP contribution in [0.2, 0.25) is 0 Å². The highest BCUT2D eigenvalue weighted by molar-refractivity contribution is 6.09. The van der Waals surface area contributed by atoms with Gasteiger partial charge in [0.1, 0.15) is 17.3 Å². The summed E-state index contributed by atoms with van der Waals surface area (Å²) in [5.41, 5.74) is 5.10. The standard InChI is InChI=1S/C31H21N5O/c1-2-9-29-26(8-1)27-12-11-25(21-30(27)35(29)31-10-3-4-16-33-31)37-24-7-5-6-23(20-24)36-28(15-19-34-36)22-13-17-32-18-14-22/h1-21H. The molecular weight excluding hydrogens is 458 g/mol. The molecule has 0 N–H and O–H groups in total. The van der Waals surface area contributed by atoms with E-state index in [0.717, 1.165) is 50.7 Å². The number of ether oxygens (including phenoxy) is 1. The number of hydrogen-bond acceptors (Lipinski definition) is 4. The fraction of sp³-hybridized carbons (Fsp3) is 0. The van der Waals surface area contributed by atoms with Crippen molar-refractivity contribution in [1.29, 1.82) is 0 Å². The molecule has 6 nitrogen and oxygen atoms in total. The molecule has 0 amide bonds. The van der Waals surface area contributed by atoms with E-state index in [4.69, 9.17) is 4.74 Å². The van der Waals surface area contributed by atoms with E-state index >= 15 is 0 Å². The van der Waals surface area contributed by atoms with Crippen molar-refractivity contribution in [3.8, 4) is 34.3 Å². The van der Waals surface area contributed by atoms with Crippen molar-refractivity contribution in [2.75, 3.05) is 0 Å². The van der Waals surface area contributed by atoms with E-state index in [-0.39, 0.29) is 0 Å². The average molecular weight is 480 g/mol. The molecule has 7 rings (SSSR count). The van der Waals surface area contributed by atoms with Crippen molar-refractivity contribution in [1.82, 2.24) is 24.3 Å². The first-order valence-electron chi connectivity index (χ1n) is 12.0. The van der Waals surface area contributed by atoms with Crippen LogP contribution in [0.1, 0.15) is 0 Å². The molecule has 0 saturated carbocycles. The molecule has 0 saturated heterocycles. The summed E-state index contributed by atoms with van der Waals surface area (Å²) in [4.78, 5) is 8.74. The molecule has 0 spiro atoms. The van der Waals surface area contributed by atoms with Crippen molar-refractivity contribution in [3.05, 3.63) is 128 Å². The van der Waals surface area contributed by atoms with E-state index in [1.165, 1.54) is 5.39 Å². The lowest BCUT2D eigenvalue weighted by atomic mass is 10.1. The van der Waals surface area contributed by atoms with E-state index in [1.54, 1.807) is 18.6 Å². The highest BCUT2D eigenvalue weighted by Gasteiger charge is 2.14. The maximum atomic E-state index is 6.37. The second kappa shape index (κ2) is 8.77. The van der Waals surface area contributed by atoms with Gasteiger partial charge in [0.25, 0.3) is 0 Å². The van der Waals surface area contributed by atoms with Crippen LogP contribution < -0.4 is 4.74 Å². The molecule has 3 aromatic carbocycles. The monoisotopic (exact) mass is 479 g/mol. The molecule has 0 aliphatic carbocycles. The largest absolute Gasteiger partial charge is 0.457 e. The lowest BCUT2D eigenvalue weighted by Gasteiger charge is -2.11. The molecule has 0 unspecified atom stereocenters. The zero-order valence-corrected chi connectivity index (χ0v) is 19.8. The predicted molar refractivity (Wildman–Crippen MR) is 145 cm³/mol. The number of benzene rings is 3. The van der Waals surface area contributed by atoms with Gasteiger partial charge >= 0.3 is 0 Å². The smallest absolute Gasteiger partial charge is 0.137 e. The van der Waals surface area contributed by atoms with Gasteiger partial charge in [0.05, 0.1) is 28.6 Å². The molecule has 0 aliphatic rings. The summed E-state index contributed by atoms with van der Waals surface area (Å²) >= 11 is 0. The predicted octanol–water partition coefficient (Wildman–Crippen LogP) is 7.22. The Morgan fingerprint density at radius 2 is 1.43 bits per heavy atom. The van der Waals surface area contributed by atoms with Gasteiger partial charge in [0, 0.05) is 47.1 Å². The van der Waals surface area contributed by atoms with E-state index in [2.05, 4.69) is 56.0 Å². The van der Waals surface area contributed by atoms with Gasteiger partial charge in [-0.3, -0.25) is 9.55 Å².